The summed E-state index contributed by atoms with van der Waals surface area (Å²) in [6.07, 6.45) is 0. The SMILES string of the molecule is COc1cc(Nc2nc(N[C@H](C(N)=O)C(C)(C)C)c(F)cc2C(N)=O)cc(OC)c1. The number of hydrogen-bond acceptors (Lipinski definition) is 7. The molecule has 2 aromatic rings. The molecule has 0 aliphatic heterocycles. The normalized spacial score (nSPS) is 12.1. The molecule has 0 bridgehead atoms. The molecular formula is C20H26FN5O4. The maximum absolute atomic E-state index is 14.6. The van der Waals surface area contributed by atoms with Crippen LogP contribution in [0.1, 0.15) is 31.1 Å². The number of nitrogens with two attached hydrogens (primary N) is 2. The van der Waals surface area contributed by atoms with Gasteiger partial charge in [0.05, 0.1) is 19.8 Å². The van der Waals surface area contributed by atoms with Crippen LogP contribution in [-0.2, 0) is 4.79 Å². The molecule has 0 radical (unpaired) electrons. The van der Waals surface area contributed by atoms with Gasteiger partial charge < -0.3 is 31.6 Å². The molecule has 0 saturated heterocycles. The second-order valence-electron chi connectivity index (χ2n) is 7.65. The Morgan fingerprint density at radius 2 is 1.60 bits per heavy atom. The molecule has 1 aromatic heterocycles. The van der Waals surface area contributed by atoms with Gasteiger partial charge in [0.15, 0.2) is 11.6 Å². The molecule has 0 saturated carbocycles. The molecule has 9 nitrogen and oxygen atoms in total. The number of anilines is 3. The highest BCUT2D eigenvalue weighted by Gasteiger charge is 2.31. The maximum Gasteiger partial charge on any atom is 0.252 e. The van der Waals surface area contributed by atoms with E-state index in [1.807, 2.05) is 0 Å². The zero-order valence-corrected chi connectivity index (χ0v) is 17.5. The number of ether oxygens (including phenoxy) is 2. The van der Waals surface area contributed by atoms with E-state index in [9.17, 15) is 14.0 Å². The third-order valence-corrected chi connectivity index (χ3v) is 4.29. The molecule has 1 aromatic carbocycles. The minimum atomic E-state index is -0.913. The summed E-state index contributed by atoms with van der Waals surface area (Å²) in [7, 11) is 2.98. The van der Waals surface area contributed by atoms with E-state index < -0.39 is 29.1 Å². The number of nitrogens with one attached hydrogen (secondary N) is 2. The lowest BCUT2D eigenvalue weighted by atomic mass is 9.86. The summed E-state index contributed by atoms with van der Waals surface area (Å²) in [6, 6.07) is 4.95. The monoisotopic (exact) mass is 419 g/mol. The van der Waals surface area contributed by atoms with E-state index in [-0.39, 0.29) is 17.2 Å². The zero-order valence-electron chi connectivity index (χ0n) is 17.5. The summed E-state index contributed by atoms with van der Waals surface area (Å²) in [5.74, 6) is -1.70. The summed E-state index contributed by atoms with van der Waals surface area (Å²) in [6.45, 7) is 5.31. The van der Waals surface area contributed by atoms with Crippen LogP contribution in [0.3, 0.4) is 0 Å². The van der Waals surface area contributed by atoms with Gasteiger partial charge in [0.1, 0.15) is 23.4 Å². The van der Waals surface area contributed by atoms with E-state index in [4.69, 9.17) is 20.9 Å². The molecule has 0 fully saturated rings. The first-order valence-electron chi connectivity index (χ1n) is 9.02. The van der Waals surface area contributed by atoms with Crippen molar-refractivity contribution < 1.29 is 23.5 Å². The van der Waals surface area contributed by atoms with E-state index in [1.165, 1.54) is 14.2 Å². The highest BCUT2D eigenvalue weighted by Crippen LogP contribution is 2.31. The van der Waals surface area contributed by atoms with Gasteiger partial charge >= 0.3 is 0 Å². The molecular weight excluding hydrogens is 393 g/mol. The zero-order chi connectivity index (χ0) is 22.6. The first-order valence-corrected chi connectivity index (χ1v) is 9.02. The predicted octanol–water partition coefficient (Wildman–Crippen LogP) is 2.39. The van der Waals surface area contributed by atoms with Crippen molar-refractivity contribution in [2.75, 3.05) is 24.9 Å². The fraction of sp³-hybridized carbons (Fsp3) is 0.350. The Morgan fingerprint density at radius 1 is 1.03 bits per heavy atom. The standard InChI is InChI=1S/C20H26FN5O4/c1-20(2,3)15(17(23)28)25-19-14(21)9-13(16(22)27)18(26-19)24-10-6-11(29-4)8-12(7-10)30-5/h6-9,15H,1-5H3,(H2,22,27)(H2,23,28)(H2,24,25,26)/t15-/m1/s1. The maximum atomic E-state index is 14.6. The second kappa shape index (κ2) is 8.85. The molecule has 162 valence electrons. The van der Waals surface area contributed by atoms with Crippen molar-refractivity contribution in [2.24, 2.45) is 16.9 Å². The molecule has 10 heteroatoms. The van der Waals surface area contributed by atoms with Crippen LogP contribution in [0.5, 0.6) is 11.5 Å². The van der Waals surface area contributed by atoms with Crippen LogP contribution >= 0.6 is 0 Å². The van der Waals surface area contributed by atoms with Crippen LogP contribution in [0.25, 0.3) is 0 Å². The van der Waals surface area contributed by atoms with Crippen molar-refractivity contribution in [3.63, 3.8) is 0 Å². The number of nitrogens with zero attached hydrogens (tertiary/aromatic N) is 1. The third kappa shape index (κ3) is 5.28. The van der Waals surface area contributed by atoms with Gasteiger partial charge in [-0.15, -0.1) is 0 Å². The molecule has 0 aliphatic carbocycles. The van der Waals surface area contributed by atoms with Crippen molar-refractivity contribution in [3.05, 3.63) is 35.6 Å². The molecule has 30 heavy (non-hydrogen) atoms. The number of benzene rings is 1. The number of rotatable bonds is 8. The average molecular weight is 419 g/mol. The van der Waals surface area contributed by atoms with Crippen LogP contribution in [0.2, 0.25) is 0 Å². The second-order valence-corrected chi connectivity index (χ2v) is 7.65. The summed E-state index contributed by atoms with van der Waals surface area (Å²) in [5.41, 5.74) is 10.5. The number of aromatic nitrogens is 1. The summed E-state index contributed by atoms with van der Waals surface area (Å²) < 4.78 is 25.1. The van der Waals surface area contributed by atoms with Crippen LogP contribution in [0.15, 0.2) is 24.3 Å². The smallest absolute Gasteiger partial charge is 0.252 e. The van der Waals surface area contributed by atoms with E-state index >= 15 is 0 Å². The number of carbonyl (C=O) groups excluding carboxylic acids is 2. The minimum Gasteiger partial charge on any atom is -0.497 e. The van der Waals surface area contributed by atoms with Gasteiger partial charge in [-0.3, -0.25) is 9.59 Å². The van der Waals surface area contributed by atoms with Gasteiger partial charge in [-0.05, 0) is 11.5 Å². The van der Waals surface area contributed by atoms with Gasteiger partial charge in [0.25, 0.3) is 5.91 Å². The van der Waals surface area contributed by atoms with Gasteiger partial charge in [-0.2, -0.15) is 0 Å². The van der Waals surface area contributed by atoms with Gasteiger partial charge in [-0.25, -0.2) is 9.37 Å². The largest absolute Gasteiger partial charge is 0.497 e. The number of methoxy groups -OCH3 is 2. The van der Waals surface area contributed by atoms with Gasteiger partial charge in [0.2, 0.25) is 5.91 Å². The molecule has 2 amide bonds. The van der Waals surface area contributed by atoms with Crippen molar-refractivity contribution in [1.29, 1.82) is 0 Å². The first kappa shape index (κ1) is 22.7. The summed E-state index contributed by atoms with van der Waals surface area (Å²) in [4.78, 5) is 27.8. The van der Waals surface area contributed by atoms with Gasteiger partial charge in [0, 0.05) is 23.9 Å². The lowest BCUT2D eigenvalue weighted by molar-refractivity contribution is -0.120. The Hall–Kier alpha value is -3.56. The lowest BCUT2D eigenvalue weighted by Crippen LogP contribution is -2.45. The molecule has 0 spiro atoms. The number of hydrogen-bond donors (Lipinski definition) is 4. The van der Waals surface area contributed by atoms with Crippen molar-refractivity contribution in [1.82, 2.24) is 4.98 Å². The topological polar surface area (TPSA) is 142 Å². The molecule has 6 N–H and O–H groups in total. The summed E-state index contributed by atoms with van der Waals surface area (Å²) >= 11 is 0. The Balaban J connectivity index is 2.52. The lowest BCUT2D eigenvalue weighted by Gasteiger charge is -2.29. The third-order valence-electron chi connectivity index (χ3n) is 4.29. The number of pyridine rings is 1. The minimum absolute atomic E-state index is 0.0150. The van der Waals surface area contributed by atoms with E-state index in [0.717, 1.165) is 6.07 Å². The van der Waals surface area contributed by atoms with Crippen molar-refractivity contribution >= 4 is 29.1 Å². The first-order chi connectivity index (χ1) is 14.0. The number of carbonyl (C=O) groups is 2. The van der Waals surface area contributed by atoms with Crippen LogP contribution in [0.4, 0.5) is 21.7 Å². The molecule has 0 aliphatic rings. The van der Waals surface area contributed by atoms with Crippen LogP contribution < -0.4 is 31.6 Å². The Bertz CT molecular complexity index is 937. The fourth-order valence-electron chi connectivity index (χ4n) is 2.74. The quantitative estimate of drug-likeness (QED) is 0.515. The summed E-state index contributed by atoms with van der Waals surface area (Å²) in [5, 5.41) is 5.64. The average Bonchev–Trinajstić information content (AvgIpc) is 2.65. The highest BCUT2D eigenvalue weighted by molar-refractivity contribution is 5.98. The highest BCUT2D eigenvalue weighted by atomic mass is 19.1. The Kier molecular flexibility index (Phi) is 6.70. The number of amides is 2. The Morgan fingerprint density at radius 3 is 2.03 bits per heavy atom. The molecule has 0 unspecified atom stereocenters. The fourth-order valence-corrected chi connectivity index (χ4v) is 2.74. The van der Waals surface area contributed by atoms with E-state index in [1.54, 1.807) is 39.0 Å². The Labute approximate surface area is 173 Å². The number of halogens is 1. The predicted molar refractivity (Wildman–Crippen MR) is 112 cm³/mol. The molecule has 2 rings (SSSR count). The van der Waals surface area contributed by atoms with Gasteiger partial charge in [-0.1, -0.05) is 20.8 Å². The van der Waals surface area contributed by atoms with E-state index in [0.29, 0.717) is 17.2 Å². The van der Waals surface area contributed by atoms with Crippen molar-refractivity contribution in [2.45, 2.75) is 26.8 Å². The van der Waals surface area contributed by atoms with E-state index in [2.05, 4.69) is 15.6 Å². The number of primary amides is 2. The molecule has 1 atom stereocenters. The van der Waals surface area contributed by atoms with Crippen LogP contribution in [-0.4, -0.2) is 37.1 Å². The van der Waals surface area contributed by atoms with Crippen molar-refractivity contribution in [3.8, 4) is 11.5 Å². The molecule has 1 heterocycles. The van der Waals surface area contributed by atoms with Crippen LogP contribution in [0, 0.1) is 11.2 Å².